The van der Waals surface area contributed by atoms with Gasteiger partial charge in [-0.1, -0.05) is 20.8 Å². The Labute approximate surface area is 104 Å². The lowest BCUT2D eigenvalue weighted by Crippen LogP contribution is -2.57. The lowest BCUT2D eigenvalue weighted by atomic mass is 9.91. The normalized spacial score (nSPS) is 17.5. The predicted molar refractivity (Wildman–Crippen MR) is 52.1 cm³/mol. The molecule has 0 fully saturated rings. The first kappa shape index (κ1) is 18.0. The van der Waals surface area contributed by atoms with Crippen LogP contribution in [0.5, 0.6) is 0 Å². The second-order valence-electron chi connectivity index (χ2n) is 4.94. The Hall–Kier alpha value is -0.990. The Bertz CT molecular complexity index is 352. The molecule has 0 aromatic carbocycles. The second kappa shape index (κ2) is 4.84. The average molecular weight is 298 g/mol. The summed E-state index contributed by atoms with van der Waals surface area (Å²) in [5, 5.41) is 18.1. The third kappa shape index (κ3) is 3.52. The summed E-state index contributed by atoms with van der Waals surface area (Å²) in [5.74, 6) is -13.2. The fraction of sp³-hybridized carbons (Fsp3) is 0.800. The van der Waals surface area contributed by atoms with Crippen LogP contribution in [0.1, 0.15) is 20.8 Å². The van der Waals surface area contributed by atoms with Crippen molar-refractivity contribution < 1.29 is 40.9 Å². The van der Waals surface area contributed by atoms with E-state index in [0.29, 0.717) is 0 Å². The van der Waals surface area contributed by atoms with Crippen LogP contribution >= 0.6 is 0 Å². The monoisotopic (exact) mass is 298 g/mol. The molecule has 0 aromatic rings. The minimum absolute atomic E-state index is 0.125. The molecule has 0 heterocycles. The molecule has 0 bridgehead atoms. The molecule has 0 aliphatic rings. The van der Waals surface area contributed by atoms with E-state index in [1.807, 2.05) is 0 Å². The first-order valence-corrected chi connectivity index (χ1v) is 4.97. The molecule has 2 nitrogen and oxygen atoms in total. The molecule has 0 rings (SSSR count). The first-order chi connectivity index (χ1) is 8.05. The van der Waals surface area contributed by atoms with E-state index in [1.165, 1.54) is 20.8 Å². The van der Waals surface area contributed by atoms with E-state index in [0.717, 1.165) is 0 Å². The zero-order valence-electron chi connectivity index (χ0n) is 10.2. The van der Waals surface area contributed by atoms with Crippen LogP contribution in [0.25, 0.3) is 0 Å². The number of allylic oxidation sites excluding steroid dienone is 1. The molecule has 0 aromatic heterocycles. The maximum Gasteiger partial charge on any atom is 0.459 e. The van der Waals surface area contributed by atoms with Crippen LogP contribution in [0.2, 0.25) is 0 Å². The summed E-state index contributed by atoms with van der Waals surface area (Å²) < 4.78 is 86.6. The highest BCUT2D eigenvalue weighted by Gasteiger charge is 2.75. The molecule has 0 saturated carbocycles. The van der Waals surface area contributed by atoms with E-state index >= 15 is 0 Å². The van der Waals surface area contributed by atoms with E-state index in [4.69, 9.17) is 5.11 Å². The molecule has 0 saturated heterocycles. The van der Waals surface area contributed by atoms with E-state index in [1.54, 1.807) is 0 Å². The van der Waals surface area contributed by atoms with Gasteiger partial charge < -0.3 is 10.2 Å². The van der Waals surface area contributed by atoms with Crippen molar-refractivity contribution in [1.29, 1.82) is 0 Å². The molecule has 19 heavy (non-hydrogen) atoms. The Kier molecular flexibility index (Phi) is 4.59. The Morgan fingerprint density at radius 2 is 1.32 bits per heavy atom. The van der Waals surface area contributed by atoms with Gasteiger partial charge in [-0.25, -0.2) is 0 Å². The van der Waals surface area contributed by atoms with Crippen LogP contribution in [0.15, 0.2) is 11.8 Å². The minimum Gasteiger partial charge on any atom is -0.512 e. The Morgan fingerprint density at radius 1 is 0.947 bits per heavy atom. The number of alkyl halides is 7. The summed E-state index contributed by atoms with van der Waals surface area (Å²) in [6, 6.07) is 0. The van der Waals surface area contributed by atoms with Crippen LogP contribution in [0, 0.1) is 5.41 Å². The molecule has 1 unspecified atom stereocenters. The van der Waals surface area contributed by atoms with Crippen molar-refractivity contribution in [3.8, 4) is 0 Å². The molecular weight excluding hydrogens is 285 g/mol. The standard InChI is InChI=1S/C10H13F7O2/c1-7(2,3)5(18)4-6(19)8(11,12)9(13,14)10(15,16)17/h4,6,18-19H,1-3H3. The molecule has 9 heteroatoms. The number of aliphatic hydroxyl groups excluding tert-OH is 2. The van der Waals surface area contributed by atoms with Gasteiger partial charge in [-0.15, -0.1) is 0 Å². The van der Waals surface area contributed by atoms with Crippen LogP contribution in [0.3, 0.4) is 0 Å². The third-order valence-electron chi connectivity index (χ3n) is 2.23. The van der Waals surface area contributed by atoms with Gasteiger partial charge in [0.05, 0.1) is 5.76 Å². The van der Waals surface area contributed by atoms with Crippen LogP contribution in [-0.2, 0) is 0 Å². The van der Waals surface area contributed by atoms with Crippen molar-refractivity contribution in [1.82, 2.24) is 0 Å². The highest BCUT2D eigenvalue weighted by Crippen LogP contribution is 2.48. The van der Waals surface area contributed by atoms with Gasteiger partial charge in [0.1, 0.15) is 6.10 Å². The minimum atomic E-state index is -6.53. The van der Waals surface area contributed by atoms with Crippen LogP contribution in [-0.4, -0.2) is 34.3 Å². The Balaban J connectivity index is 5.46. The third-order valence-corrected chi connectivity index (χ3v) is 2.23. The maximum atomic E-state index is 13.0. The molecule has 114 valence electrons. The predicted octanol–water partition coefficient (Wildman–Crippen LogP) is 3.67. The second-order valence-corrected chi connectivity index (χ2v) is 4.94. The number of rotatable bonds is 3. The van der Waals surface area contributed by atoms with Gasteiger partial charge in [0, 0.05) is 5.41 Å². The van der Waals surface area contributed by atoms with Crippen molar-refractivity contribution in [3.05, 3.63) is 11.8 Å². The fourth-order valence-corrected chi connectivity index (χ4v) is 0.879. The molecule has 0 radical (unpaired) electrons. The fourth-order valence-electron chi connectivity index (χ4n) is 0.879. The summed E-state index contributed by atoms with van der Waals surface area (Å²) in [7, 11) is 0. The van der Waals surface area contributed by atoms with E-state index in [9.17, 15) is 35.8 Å². The lowest BCUT2D eigenvalue weighted by Gasteiger charge is -2.31. The van der Waals surface area contributed by atoms with Crippen molar-refractivity contribution in [3.63, 3.8) is 0 Å². The van der Waals surface area contributed by atoms with Crippen LogP contribution in [0.4, 0.5) is 30.7 Å². The van der Waals surface area contributed by atoms with Crippen molar-refractivity contribution in [2.75, 3.05) is 0 Å². The van der Waals surface area contributed by atoms with Gasteiger partial charge in [0.15, 0.2) is 0 Å². The van der Waals surface area contributed by atoms with E-state index < -0.39 is 35.3 Å². The zero-order valence-corrected chi connectivity index (χ0v) is 10.2. The molecule has 0 aliphatic heterocycles. The smallest absolute Gasteiger partial charge is 0.459 e. The first-order valence-electron chi connectivity index (χ1n) is 4.97. The number of aliphatic hydroxyl groups is 2. The summed E-state index contributed by atoms with van der Waals surface area (Å²) in [5.41, 5.74) is -1.19. The highest BCUT2D eigenvalue weighted by atomic mass is 19.4. The molecule has 2 N–H and O–H groups in total. The van der Waals surface area contributed by atoms with Crippen molar-refractivity contribution in [2.45, 2.75) is 44.9 Å². The van der Waals surface area contributed by atoms with Crippen molar-refractivity contribution in [2.24, 2.45) is 5.41 Å². The maximum absolute atomic E-state index is 13.0. The Morgan fingerprint density at radius 3 is 1.58 bits per heavy atom. The van der Waals surface area contributed by atoms with Gasteiger partial charge in [-0.05, 0) is 6.08 Å². The average Bonchev–Trinajstić information content (AvgIpc) is 2.13. The zero-order chi connectivity index (χ0) is 15.9. The van der Waals surface area contributed by atoms with Gasteiger partial charge in [-0.2, -0.15) is 30.7 Å². The van der Waals surface area contributed by atoms with E-state index in [-0.39, 0.29) is 6.08 Å². The van der Waals surface area contributed by atoms with E-state index in [2.05, 4.69) is 0 Å². The molecule has 0 aliphatic carbocycles. The van der Waals surface area contributed by atoms with Gasteiger partial charge in [0.2, 0.25) is 0 Å². The summed E-state index contributed by atoms with van der Waals surface area (Å²) >= 11 is 0. The largest absolute Gasteiger partial charge is 0.512 e. The molecule has 0 spiro atoms. The van der Waals surface area contributed by atoms with Gasteiger partial charge >= 0.3 is 18.0 Å². The molecular formula is C10H13F7O2. The summed E-state index contributed by atoms with van der Waals surface area (Å²) in [4.78, 5) is 0. The summed E-state index contributed by atoms with van der Waals surface area (Å²) in [6.07, 6.45) is -10.1. The van der Waals surface area contributed by atoms with Crippen molar-refractivity contribution >= 4 is 0 Å². The molecule has 1 atom stereocenters. The number of halogens is 7. The molecule has 0 amide bonds. The van der Waals surface area contributed by atoms with Gasteiger partial charge in [0.25, 0.3) is 0 Å². The number of hydrogen-bond acceptors (Lipinski definition) is 2. The van der Waals surface area contributed by atoms with Gasteiger partial charge in [-0.3, -0.25) is 0 Å². The quantitative estimate of drug-likeness (QED) is 0.616. The van der Waals surface area contributed by atoms with Crippen LogP contribution < -0.4 is 0 Å². The number of hydrogen-bond donors (Lipinski definition) is 2. The highest BCUT2D eigenvalue weighted by molar-refractivity contribution is 5.10. The summed E-state index contributed by atoms with van der Waals surface area (Å²) in [6.45, 7) is 3.85. The lowest BCUT2D eigenvalue weighted by molar-refractivity contribution is -0.367. The topological polar surface area (TPSA) is 40.5 Å². The SMILES string of the molecule is CC(C)(C)C(O)=CC(O)C(F)(F)C(F)(F)C(F)(F)F.